The molecular formula is C7H5F3O5. The van der Waals surface area contributed by atoms with Crippen molar-refractivity contribution in [1.82, 2.24) is 0 Å². The predicted octanol–water partition coefficient (Wildman–Crippen LogP) is 0.649. The highest BCUT2D eigenvalue weighted by molar-refractivity contribution is 5.94. The summed E-state index contributed by atoms with van der Waals surface area (Å²) in [7, 11) is 0. The molecule has 0 aliphatic carbocycles. The highest BCUT2D eigenvalue weighted by atomic mass is 19.4. The number of carboxylic acids is 1. The van der Waals surface area contributed by atoms with Crippen LogP contribution in [0.4, 0.5) is 13.2 Å². The number of carboxylic acid groups (broad SMARTS) is 1. The third kappa shape index (κ3) is 6.24. The Labute approximate surface area is 81.1 Å². The van der Waals surface area contributed by atoms with E-state index in [1.807, 2.05) is 0 Å². The lowest BCUT2D eigenvalue weighted by Gasteiger charge is -2.02. The van der Waals surface area contributed by atoms with Crippen molar-refractivity contribution in [3.05, 3.63) is 12.2 Å². The molecule has 0 atom stereocenters. The molecule has 8 heteroatoms. The fourth-order valence-electron chi connectivity index (χ4n) is 0.439. The summed E-state index contributed by atoms with van der Waals surface area (Å²) in [5.74, 6) is -5.49. The summed E-state index contributed by atoms with van der Waals surface area (Å²) in [6.07, 6.45) is -4.63. The second-order valence-corrected chi connectivity index (χ2v) is 2.21. The number of hydrogen-bond donors (Lipinski definition) is 1. The van der Waals surface area contributed by atoms with Crippen molar-refractivity contribution < 1.29 is 37.4 Å². The zero-order valence-electron chi connectivity index (χ0n) is 7.08. The van der Waals surface area contributed by atoms with Gasteiger partial charge in [0.2, 0.25) is 0 Å². The molecule has 0 radical (unpaired) electrons. The van der Waals surface area contributed by atoms with Crippen molar-refractivity contribution in [1.29, 1.82) is 0 Å². The molecule has 0 aromatic carbocycles. The molecule has 0 aliphatic rings. The maximum atomic E-state index is 11.5. The van der Waals surface area contributed by atoms with Gasteiger partial charge in [0.1, 0.15) is 0 Å². The molecule has 0 rings (SSSR count). The van der Waals surface area contributed by atoms with Crippen LogP contribution in [-0.2, 0) is 19.1 Å². The Hall–Kier alpha value is -1.86. The van der Waals surface area contributed by atoms with Gasteiger partial charge in [0.15, 0.2) is 0 Å². The van der Waals surface area contributed by atoms with E-state index in [4.69, 9.17) is 5.11 Å². The van der Waals surface area contributed by atoms with Crippen LogP contribution in [0, 0.1) is 0 Å². The van der Waals surface area contributed by atoms with Crippen LogP contribution in [0.2, 0.25) is 0 Å². The highest BCUT2D eigenvalue weighted by Gasteiger charge is 2.42. The molecular weight excluding hydrogens is 221 g/mol. The summed E-state index contributed by atoms with van der Waals surface area (Å²) in [4.78, 5) is 30.4. The summed E-state index contributed by atoms with van der Waals surface area (Å²) < 4.78 is 37.9. The van der Waals surface area contributed by atoms with Gasteiger partial charge in [0.25, 0.3) is 0 Å². The van der Waals surface area contributed by atoms with Crippen molar-refractivity contribution in [2.24, 2.45) is 0 Å². The van der Waals surface area contributed by atoms with Gasteiger partial charge in [0, 0.05) is 6.08 Å². The minimum Gasteiger partial charge on any atom is -0.481 e. The summed E-state index contributed by atoms with van der Waals surface area (Å²) in [6.45, 7) is 0. The Balaban J connectivity index is 4.11. The van der Waals surface area contributed by atoms with Gasteiger partial charge in [-0.05, 0) is 0 Å². The van der Waals surface area contributed by atoms with E-state index >= 15 is 0 Å². The van der Waals surface area contributed by atoms with E-state index in [-0.39, 0.29) is 0 Å². The molecule has 0 fully saturated rings. The van der Waals surface area contributed by atoms with Crippen LogP contribution in [0.1, 0.15) is 6.42 Å². The van der Waals surface area contributed by atoms with Crippen LogP contribution in [-0.4, -0.2) is 29.2 Å². The van der Waals surface area contributed by atoms with Gasteiger partial charge in [-0.1, -0.05) is 6.08 Å². The quantitative estimate of drug-likeness (QED) is 0.434. The zero-order chi connectivity index (χ0) is 12.1. The predicted molar refractivity (Wildman–Crippen MR) is 38.5 cm³/mol. The van der Waals surface area contributed by atoms with Crippen molar-refractivity contribution >= 4 is 17.9 Å². The van der Waals surface area contributed by atoms with Gasteiger partial charge in [-0.15, -0.1) is 0 Å². The van der Waals surface area contributed by atoms with Crippen molar-refractivity contribution in [2.45, 2.75) is 12.6 Å². The van der Waals surface area contributed by atoms with E-state index < -0.39 is 30.5 Å². The number of hydrogen-bond acceptors (Lipinski definition) is 4. The molecule has 0 unspecified atom stereocenters. The number of carbonyl (C=O) groups excluding carboxylic acids is 2. The van der Waals surface area contributed by atoms with E-state index in [0.29, 0.717) is 6.08 Å². The molecule has 15 heavy (non-hydrogen) atoms. The molecule has 0 aromatic rings. The first-order valence-corrected chi connectivity index (χ1v) is 3.44. The molecule has 84 valence electrons. The minimum absolute atomic E-state index is 0.428. The topological polar surface area (TPSA) is 80.7 Å². The van der Waals surface area contributed by atoms with E-state index in [2.05, 4.69) is 4.74 Å². The lowest BCUT2D eigenvalue weighted by molar-refractivity contribution is -0.200. The van der Waals surface area contributed by atoms with Crippen molar-refractivity contribution in [3.8, 4) is 0 Å². The molecule has 0 saturated carbocycles. The van der Waals surface area contributed by atoms with Crippen LogP contribution in [0.5, 0.6) is 0 Å². The van der Waals surface area contributed by atoms with Gasteiger partial charge >= 0.3 is 24.1 Å². The van der Waals surface area contributed by atoms with Crippen molar-refractivity contribution in [3.63, 3.8) is 0 Å². The first-order chi connectivity index (χ1) is 6.73. The van der Waals surface area contributed by atoms with Crippen LogP contribution in [0.3, 0.4) is 0 Å². The minimum atomic E-state index is -5.25. The Kier molecular flexibility index (Phi) is 4.49. The molecule has 0 aromatic heterocycles. The van der Waals surface area contributed by atoms with Gasteiger partial charge in [-0.2, -0.15) is 13.2 Å². The average Bonchev–Trinajstić information content (AvgIpc) is 2.01. The van der Waals surface area contributed by atoms with Crippen LogP contribution >= 0.6 is 0 Å². The average molecular weight is 226 g/mol. The Morgan fingerprint density at radius 2 is 1.80 bits per heavy atom. The lowest BCUT2D eigenvalue weighted by Crippen LogP contribution is -2.27. The fraction of sp³-hybridized carbons (Fsp3) is 0.286. The number of rotatable bonds is 3. The van der Waals surface area contributed by atoms with E-state index in [1.54, 1.807) is 0 Å². The van der Waals surface area contributed by atoms with Crippen LogP contribution in [0.15, 0.2) is 12.2 Å². The fourth-order valence-corrected chi connectivity index (χ4v) is 0.439. The van der Waals surface area contributed by atoms with E-state index in [0.717, 1.165) is 6.08 Å². The smallest absolute Gasteiger partial charge is 0.481 e. The van der Waals surface area contributed by atoms with E-state index in [1.165, 1.54) is 0 Å². The number of alkyl halides is 3. The third-order valence-corrected chi connectivity index (χ3v) is 0.971. The summed E-state index contributed by atoms with van der Waals surface area (Å²) in [6, 6.07) is 0. The standard InChI is InChI=1S/C7H5F3O5/c8-7(9,10)6(14)15-5(13)3-1-2-4(11)12/h1,3H,2H2,(H,11,12). The molecule has 0 bridgehead atoms. The molecule has 0 amide bonds. The summed E-state index contributed by atoms with van der Waals surface area (Å²) >= 11 is 0. The number of esters is 2. The number of ether oxygens (including phenoxy) is 1. The molecule has 0 heterocycles. The first-order valence-electron chi connectivity index (χ1n) is 3.44. The molecule has 0 saturated heterocycles. The number of aliphatic carboxylic acids is 1. The van der Waals surface area contributed by atoms with E-state index in [9.17, 15) is 27.6 Å². The highest BCUT2D eigenvalue weighted by Crippen LogP contribution is 2.16. The maximum Gasteiger partial charge on any atom is 0.491 e. The summed E-state index contributed by atoms with van der Waals surface area (Å²) in [5, 5.41) is 8.09. The largest absolute Gasteiger partial charge is 0.491 e. The second kappa shape index (κ2) is 5.13. The summed E-state index contributed by atoms with van der Waals surface area (Å²) in [5.41, 5.74) is 0. The Bertz CT molecular complexity index is 304. The Morgan fingerprint density at radius 3 is 2.20 bits per heavy atom. The first kappa shape index (κ1) is 13.1. The SMILES string of the molecule is O=C(O)CC=CC(=O)OC(=O)C(F)(F)F. The number of carbonyl (C=O) groups is 3. The van der Waals surface area contributed by atoms with Crippen LogP contribution in [0.25, 0.3) is 0 Å². The van der Waals surface area contributed by atoms with Gasteiger partial charge in [-0.3, -0.25) is 4.79 Å². The lowest BCUT2D eigenvalue weighted by atomic mass is 10.4. The van der Waals surface area contributed by atoms with Gasteiger partial charge < -0.3 is 9.84 Å². The molecule has 5 nitrogen and oxygen atoms in total. The van der Waals surface area contributed by atoms with Gasteiger partial charge in [0.05, 0.1) is 6.42 Å². The molecule has 1 N–H and O–H groups in total. The molecule has 0 spiro atoms. The zero-order valence-corrected chi connectivity index (χ0v) is 7.08. The number of halogens is 3. The third-order valence-electron chi connectivity index (χ3n) is 0.971. The second-order valence-electron chi connectivity index (χ2n) is 2.21. The monoisotopic (exact) mass is 226 g/mol. The normalized spacial score (nSPS) is 11.4. The van der Waals surface area contributed by atoms with Gasteiger partial charge in [-0.25, -0.2) is 9.59 Å². The van der Waals surface area contributed by atoms with Crippen molar-refractivity contribution in [2.75, 3.05) is 0 Å². The maximum absolute atomic E-state index is 11.5. The molecule has 0 aliphatic heterocycles. The Morgan fingerprint density at radius 1 is 1.27 bits per heavy atom. The van der Waals surface area contributed by atoms with Crippen LogP contribution < -0.4 is 0 Å².